The van der Waals surface area contributed by atoms with Gasteiger partial charge in [-0.25, -0.2) is 0 Å². The average Bonchev–Trinajstić information content (AvgIpc) is 2.30. The van der Waals surface area contributed by atoms with Crippen LogP contribution in [0.3, 0.4) is 0 Å². The maximum atomic E-state index is 11.2. The van der Waals surface area contributed by atoms with Gasteiger partial charge < -0.3 is 4.74 Å². The molecule has 2 nitrogen and oxygen atoms in total. The summed E-state index contributed by atoms with van der Waals surface area (Å²) in [6.45, 7) is 10.4. The van der Waals surface area contributed by atoms with Gasteiger partial charge in [0.05, 0.1) is 0 Å². The number of hydrogen-bond donors (Lipinski definition) is 0. The van der Waals surface area contributed by atoms with Crippen LogP contribution >= 0.6 is 0 Å². The molecule has 0 aromatic heterocycles. The second-order valence-corrected chi connectivity index (χ2v) is 6.48. The van der Waals surface area contributed by atoms with Crippen molar-refractivity contribution in [3.8, 4) is 0 Å². The molecule has 0 aromatic rings. The van der Waals surface area contributed by atoms with E-state index in [0.717, 1.165) is 12.3 Å². The Morgan fingerprint density at radius 2 is 2.00 bits per heavy atom. The molecular formula is C17H26O2. The van der Waals surface area contributed by atoms with Crippen LogP contribution in [0.4, 0.5) is 0 Å². The zero-order chi connectivity index (χ0) is 14.2. The fraction of sp³-hybridized carbons (Fsp3) is 0.706. The zero-order valence-electron chi connectivity index (χ0n) is 12.8. The van der Waals surface area contributed by atoms with E-state index in [0.29, 0.717) is 11.8 Å². The SMILES string of the molecule is CC(=O)O[C@@H]1C[C@@H]2[C@@H](C)CCC(=C(C)C)[C@@H]2C=C1C. The fourth-order valence-electron chi connectivity index (χ4n) is 3.73. The van der Waals surface area contributed by atoms with E-state index in [-0.39, 0.29) is 12.1 Å². The lowest BCUT2D eigenvalue weighted by molar-refractivity contribution is -0.146. The largest absolute Gasteiger partial charge is 0.458 e. The van der Waals surface area contributed by atoms with Crippen molar-refractivity contribution in [2.24, 2.45) is 17.8 Å². The molecule has 0 amide bonds. The first kappa shape index (κ1) is 14.4. The maximum Gasteiger partial charge on any atom is 0.303 e. The number of hydrogen-bond acceptors (Lipinski definition) is 2. The molecule has 0 spiro atoms. The van der Waals surface area contributed by atoms with Crippen LogP contribution in [0.15, 0.2) is 22.8 Å². The van der Waals surface area contributed by atoms with Gasteiger partial charge >= 0.3 is 5.97 Å². The van der Waals surface area contributed by atoms with Crippen LogP contribution in [0.2, 0.25) is 0 Å². The van der Waals surface area contributed by atoms with Gasteiger partial charge in [-0.05, 0) is 57.4 Å². The first-order chi connectivity index (χ1) is 8.90. The topological polar surface area (TPSA) is 26.3 Å². The van der Waals surface area contributed by atoms with Crippen LogP contribution in [0.1, 0.15) is 53.9 Å². The second kappa shape index (κ2) is 5.52. The van der Waals surface area contributed by atoms with Gasteiger partial charge in [0.25, 0.3) is 0 Å². The Kier molecular flexibility index (Phi) is 4.17. The van der Waals surface area contributed by atoms with Crippen LogP contribution in [-0.4, -0.2) is 12.1 Å². The van der Waals surface area contributed by atoms with E-state index >= 15 is 0 Å². The van der Waals surface area contributed by atoms with Crippen molar-refractivity contribution in [3.05, 3.63) is 22.8 Å². The maximum absolute atomic E-state index is 11.2. The molecule has 4 atom stereocenters. The summed E-state index contributed by atoms with van der Waals surface area (Å²) in [5, 5.41) is 0. The minimum absolute atomic E-state index is 0.00212. The van der Waals surface area contributed by atoms with Crippen LogP contribution < -0.4 is 0 Å². The lowest BCUT2D eigenvalue weighted by Gasteiger charge is -2.43. The number of fused-ring (bicyclic) bond motifs is 1. The number of carbonyl (C=O) groups is 1. The van der Waals surface area contributed by atoms with E-state index in [1.54, 1.807) is 5.57 Å². The van der Waals surface area contributed by atoms with Crippen molar-refractivity contribution in [3.63, 3.8) is 0 Å². The molecule has 2 aliphatic rings. The third kappa shape index (κ3) is 2.93. The Bertz CT molecular complexity index is 427. The second-order valence-electron chi connectivity index (χ2n) is 6.48. The Morgan fingerprint density at radius 1 is 1.32 bits per heavy atom. The molecule has 1 fully saturated rings. The van der Waals surface area contributed by atoms with E-state index in [2.05, 4.69) is 33.8 Å². The predicted octanol–water partition coefficient (Wildman–Crippen LogP) is 4.27. The Hall–Kier alpha value is -1.05. The van der Waals surface area contributed by atoms with E-state index in [1.807, 2.05) is 0 Å². The summed E-state index contributed by atoms with van der Waals surface area (Å²) >= 11 is 0. The normalized spacial score (nSPS) is 34.4. The number of rotatable bonds is 1. The highest BCUT2D eigenvalue weighted by Gasteiger charge is 2.38. The number of carbonyl (C=O) groups excluding carboxylic acids is 1. The monoisotopic (exact) mass is 262 g/mol. The Labute approximate surface area is 116 Å². The summed E-state index contributed by atoms with van der Waals surface area (Å²) < 4.78 is 5.47. The zero-order valence-corrected chi connectivity index (χ0v) is 12.8. The Balaban J connectivity index is 2.30. The minimum atomic E-state index is -0.165. The molecule has 0 aromatic carbocycles. The van der Waals surface area contributed by atoms with Gasteiger partial charge in [-0.3, -0.25) is 4.79 Å². The summed E-state index contributed by atoms with van der Waals surface area (Å²) in [5.74, 6) is 1.75. The molecule has 1 saturated carbocycles. The minimum Gasteiger partial charge on any atom is -0.458 e. The average molecular weight is 262 g/mol. The smallest absolute Gasteiger partial charge is 0.303 e. The fourth-order valence-corrected chi connectivity index (χ4v) is 3.73. The molecule has 106 valence electrons. The standard InChI is InChI=1S/C17H26O2/c1-10(2)14-7-6-11(3)15-9-17(19-13(5)18)12(4)8-16(14)15/h8,11,15-17H,6-7,9H2,1-5H3/t11-,15+,16-,17+/m0/s1. The van der Waals surface area contributed by atoms with Gasteiger partial charge in [0.15, 0.2) is 0 Å². The molecule has 0 saturated heterocycles. The highest BCUT2D eigenvalue weighted by atomic mass is 16.5. The van der Waals surface area contributed by atoms with Crippen molar-refractivity contribution in [1.82, 2.24) is 0 Å². The van der Waals surface area contributed by atoms with Gasteiger partial charge in [-0.2, -0.15) is 0 Å². The van der Waals surface area contributed by atoms with Crippen molar-refractivity contribution in [2.75, 3.05) is 0 Å². The van der Waals surface area contributed by atoms with Crippen LogP contribution in [0, 0.1) is 17.8 Å². The highest BCUT2D eigenvalue weighted by Crippen LogP contribution is 2.46. The summed E-state index contributed by atoms with van der Waals surface area (Å²) in [5.41, 5.74) is 4.31. The number of allylic oxidation sites excluding steroid dienone is 3. The molecule has 2 rings (SSSR count). The molecule has 2 heteroatoms. The summed E-state index contributed by atoms with van der Waals surface area (Å²) in [4.78, 5) is 11.2. The van der Waals surface area contributed by atoms with E-state index in [4.69, 9.17) is 4.74 Å². The van der Waals surface area contributed by atoms with Crippen LogP contribution in [0.5, 0.6) is 0 Å². The molecule has 19 heavy (non-hydrogen) atoms. The third-order valence-electron chi connectivity index (χ3n) is 4.85. The molecule has 0 N–H and O–H groups in total. The van der Waals surface area contributed by atoms with Crippen LogP contribution in [-0.2, 0) is 9.53 Å². The van der Waals surface area contributed by atoms with Gasteiger partial charge in [0, 0.05) is 12.8 Å². The molecule has 0 unspecified atom stereocenters. The van der Waals surface area contributed by atoms with Gasteiger partial charge in [0.1, 0.15) is 6.10 Å². The van der Waals surface area contributed by atoms with Gasteiger partial charge in [-0.1, -0.05) is 24.1 Å². The van der Waals surface area contributed by atoms with Crippen molar-refractivity contribution in [2.45, 2.75) is 60.0 Å². The highest BCUT2D eigenvalue weighted by molar-refractivity contribution is 5.66. The van der Waals surface area contributed by atoms with E-state index < -0.39 is 0 Å². The first-order valence-corrected chi connectivity index (χ1v) is 7.42. The van der Waals surface area contributed by atoms with Crippen molar-refractivity contribution >= 4 is 5.97 Å². The summed E-state index contributed by atoms with van der Waals surface area (Å²) in [7, 11) is 0. The van der Waals surface area contributed by atoms with E-state index in [1.165, 1.54) is 30.9 Å². The predicted molar refractivity (Wildman–Crippen MR) is 77.7 cm³/mol. The van der Waals surface area contributed by atoms with E-state index in [9.17, 15) is 4.79 Å². The number of esters is 1. The lowest BCUT2D eigenvalue weighted by Crippen LogP contribution is -2.36. The first-order valence-electron chi connectivity index (χ1n) is 7.42. The van der Waals surface area contributed by atoms with Crippen molar-refractivity contribution in [1.29, 1.82) is 0 Å². The summed E-state index contributed by atoms with van der Waals surface area (Å²) in [6, 6.07) is 0. The molecule has 0 radical (unpaired) electrons. The van der Waals surface area contributed by atoms with Gasteiger partial charge in [0.2, 0.25) is 0 Å². The number of ether oxygens (including phenoxy) is 1. The van der Waals surface area contributed by atoms with Crippen LogP contribution in [0.25, 0.3) is 0 Å². The molecule has 0 aliphatic heterocycles. The molecular weight excluding hydrogens is 236 g/mol. The van der Waals surface area contributed by atoms with Gasteiger partial charge in [-0.15, -0.1) is 0 Å². The molecule has 0 heterocycles. The van der Waals surface area contributed by atoms with Crippen molar-refractivity contribution < 1.29 is 9.53 Å². The summed E-state index contributed by atoms with van der Waals surface area (Å²) in [6.07, 6.45) is 5.84. The molecule has 2 aliphatic carbocycles. The quantitative estimate of drug-likeness (QED) is 0.521. The molecule has 0 bridgehead atoms. The lowest BCUT2D eigenvalue weighted by atomic mass is 9.64. The third-order valence-corrected chi connectivity index (χ3v) is 4.85. The Morgan fingerprint density at radius 3 is 2.58 bits per heavy atom.